The molecule has 0 radical (unpaired) electrons. The Morgan fingerprint density at radius 3 is 2.62 bits per heavy atom. The largest absolute Gasteiger partial charge is 0.494 e. The second-order valence-corrected chi connectivity index (χ2v) is 3.93. The highest BCUT2D eigenvalue weighted by atomic mass is 16.3. The molecule has 0 bridgehead atoms. The van der Waals surface area contributed by atoms with E-state index in [1.165, 1.54) is 17.6 Å². The van der Waals surface area contributed by atoms with Crippen molar-refractivity contribution in [3.05, 3.63) is 27.5 Å². The van der Waals surface area contributed by atoms with Gasteiger partial charge in [-0.3, -0.25) is 14.2 Å². The van der Waals surface area contributed by atoms with Crippen LogP contribution in [0.3, 0.4) is 0 Å². The van der Waals surface area contributed by atoms with E-state index in [1.54, 1.807) is 6.92 Å². The summed E-state index contributed by atoms with van der Waals surface area (Å²) in [4.78, 5) is 23.0. The number of pyridine rings is 1. The van der Waals surface area contributed by atoms with Crippen molar-refractivity contribution in [2.45, 2.75) is 40.2 Å². The second kappa shape index (κ2) is 4.96. The zero-order valence-electron chi connectivity index (χ0n) is 9.91. The van der Waals surface area contributed by atoms with E-state index in [0.29, 0.717) is 12.1 Å². The summed E-state index contributed by atoms with van der Waals surface area (Å²) >= 11 is 0. The average molecular weight is 223 g/mol. The summed E-state index contributed by atoms with van der Waals surface area (Å²) in [6.07, 6.45) is 1.73. The van der Waals surface area contributed by atoms with Crippen molar-refractivity contribution in [3.63, 3.8) is 0 Å². The van der Waals surface area contributed by atoms with Crippen LogP contribution in [-0.4, -0.2) is 15.5 Å². The number of unbranched alkanes of at least 4 members (excludes halogenated alkanes) is 1. The van der Waals surface area contributed by atoms with Crippen LogP contribution in [0.25, 0.3) is 0 Å². The van der Waals surface area contributed by atoms with Gasteiger partial charge in [0.25, 0.3) is 5.56 Å². The first-order chi connectivity index (χ1) is 7.49. The molecule has 0 spiro atoms. The van der Waals surface area contributed by atoms with Gasteiger partial charge in [0.05, 0.1) is 5.56 Å². The number of rotatable bonds is 4. The Bertz CT molecular complexity index is 460. The molecule has 0 atom stereocenters. The summed E-state index contributed by atoms with van der Waals surface area (Å²) in [5.74, 6) is -0.425. The maximum absolute atomic E-state index is 11.6. The lowest BCUT2D eigenvalue weighted by Crippen LogP contribution is -2.22. The van der Waals surface area contributed by atoms with Gasteiger partial charge in [0.2, 0.25) is 5.88 Å². The fourth-order valence-electron chi connectivity index (χ4n) is 1.72. The molecule has 1 rings (SSSR count). The summed E-state index contributed by atoms with van der Waals surface area (Å²) < 4.78 is 1.26. The van der Waals surface area contributed by atoms with E-state index in [9.17, 15) is 14.7 Å². The molecular weight excluding hydrogens is 206 g/mol. The van der Waals surface area contributed by atoms with E-state index in [0.717, 1.165) is 12.8 Å². The van der Waals surface area contributed by atoms with E-state index >= 15 is 0 Å². The molecule has 0 aromatic carbocycles. The highest BCUT2D eigenvalue weighted by Crippen LogP contribution is 2.19. The van der Waals surface area contributed by atoms with E-state index in [2.05, 4.69) is 0 Å². The number of hydrogen-bond donors (Lipinski definition) is 1. The van der Waals surface area contributed by atoms with Gasteiger partial charge in [0.15, 0.2) is 5.78 Å². The third-order valence-electron chi connectivity index (χ3n) is 2.57. The predicted molar refractivity (Wildman–Crippen MR) is 62.0 cm³/mol. The molecule has 0 saturated heterocycles. The Morgan fingerprint density at radius 2 is 2.12 bits per heavy atom. The van der Waals surface area contributed by atoms with Crippen molar-refractivity contribution in [3.8, 4) is 5.88 Å². The number of carbonyl (C=O) groups is 1. The smallest absolute Gasteiger partial charge is 0.253 e. The van der Waals surface area contributed by atoms with Gasteiger partial charge in [-0.15, -0.1) is 0 Å². The summed E-state index contributed by atoms with van der Waals surface area (Å²) in [5, 5.41) is 9.89. The number of Topliss-reactive ketones (excluding diaryl/α,β-unsaturated/α-hetero) is 1. The van der Waals surface area contributed by atoms with Crippen molar-refractivity contribution in [1.82, 2.24) is 4.57 Å². The molecule has 0 amide bonds. The SMILES string of the molecule is CCCCn1c(O)c(C(C)=O)c(C)cc1=O. The monoisotopic (exact) mass is 223 g/mol. The lowest BCUT2D eigenvalue weighted by Gasteiger charge is -2.12. The maximum Gasteiger partial charge on any atom is 0.253 e. The van der Waals surface area contributed by atoms with Gasteiger partial charge in [0.1, 0.15) is 0 Å². The van der Waals surface area contributed by atoms with Crippen LogP contribution in [0, 0.1) is 6.92 Å². The molecule has 0 unspecified atom stereocenters. The lowest BCUT2D eigenvalue weighted by atomic mass is 10.1. The van der Waals surface area contributed by atoms with Gasteiger partial charge < -0.3 is 5.11 Å². The second-order valence-electron chi connectivity index (χ2n) is 3.93. The van der Waals surface area contributed by atoms with Gasteiger partial charge >= 0.3 is 0 Å². The fraction of sp³-hybridized carbons (Fsp3) is 0.500. The molecule has 1 aromatic rings. The van der Waals surface area contributed by atoms with Crippen LogP contribution in [-0.2, 0) is 6.54 Å². The number of nitrogens with zero attached hydrogens (tertiary/aromatic N) is 1. The molecule has 0 aliphatic carbocycles. The first-order valence-electron chi connectivity index (χ1n) is 5.43. The first-order valence-corrected chi connectivity index (χ1v) is 5.43. The molecule has 4 nitrogen and oxygen atoms in total. The van der Waals surface area contributed by atoms with Crippen LogP contribution >= 0.6 is 0 Å². The molecule has 1 aromatic heterocycles. The molecule has 88 valence electrons. The van der Waals surface area contributed by atoms with Gasteiger partial charge in [-0.1, -0.05) is 13.3 Å². The zero-order valence-corrected chi connectivity index (χ0v) is 9.91. The van der Waals surface area contributed by atoms with Crippen LogP contribution in [0.4, 0.5) is 0 Å². The van der Waals surface area contributed by atoms with E-state index < -0.39 is 0 Å². The Kier molecular flexibility index (Phi) is 3.88. The summed E-state index contributed by atoms with van der Waals surface area (Å²) in [5.41, 5.74) is 0.520. The number of aromatic nitrogens is 1. The van der Waals surface area contributed by atoms with E-state index in [-0.39, 0.29) is 22.8 Å². The van der Waals surface area contributed by atoms with Crippen molar-refractivity contribution in [2.75, 3.05) is 0 Å². The van der Waals surface area contributed by atoms with Crippen molar-refractivity contribution < 1.29 is 9.90 Å². The van der Waals surface area contributed by atoms with Crippen molar-refractivity contribution >= 4 is 5.78 Å². The maximum atomic E-state index is 11.6. The highest BCUT2D eigenvalue weighted by Gasteiger charge is 2.15. The van der Waals surface area contributed by atoms with Crippen LogP contribution in [0.15, 0.2) is 10.9 Å². The standard InChI is InChI=1S/C12H17NO3/c1-4-5-6-13-10(15)7-8(2)11(9(3)14)12(13)16/h7,16H,4-6H2,1-3H3. The first kappa shape index (κ1) is 12.5. The van der Waals surface area contributed by atoms with E-state index in [1.807, 2.05) is 6.92 Å². The predicted octanol–water partition coefficient (Wildman–Crippen LogP) is 1.87. The van der Waals surface area contributed by atoms with Crippen molar-refractivity contribution in [2.24, 2.45) is 0 Å². The van der Waals surface area contributed by atoms with Gasteiger partial charge in [0, 0.05) is 12.6 Å². The minimum Gasteiger partial charge on any atom is -0.494 e. The third kappa shape index (κ3) is 2.32. The fourth-order valence-corrected chi connectivity index (χ4v) is 1.72. The summed E-state index contributed by atoms with van der Waals surface area (Å²) in [6.45, 7) is 5.49. The average Bonchev–Trinajstić information content (AvgIpc) is 2.16. The molecular formula is C12H17NO3. The molecule has 0 saturated carbocycles. The highest BCUT2D eigenvalue weighted by molar-refractivity contribution is 5.97. The molecule has 0 aliphatic rings. The Morgan fingerprint density at radius 1 is 1.50 bits per heavy atom. The lowest BCUT2D eigenvalue weighted by molar-refractivity contribution is 0.101. The zero-order chi connectivity index (χ0) is 12.3. The summed E-state index contributed by atoms with van der Waals surface area (Å²) in [7, 11) is 0. The minimum atomic E-state index is -0.256. The summed E-state index contributed by atoms with van der Waals surface area (Å²) in [6, 6.07) is 1.39. The number of hydrogen-bond acceptors (Lipinski definition) is 3. The normalized spacial score (nSPS) is 10.4. The van der Waals surface area contributed by atoms with E-state index in [4.69, 9.17) is 0 Å². The van der Waals surface area contributed by atoms with Crippen LogP contribution in [0.2, 0.25) is 0 Å². The van der Waals surface area contributed by atoms with Crippen LogP contribution < -0.4 is 5.56 Å². The van der Waals surface area contributed by atoms with Crippen LogP contribution in [0.5, 0.6) is 5.88 Å². The molecule has 1 N–H and O–H groups in total. The molecule has 0 aliphatic heterocycles. The topological polar surface area (TPSA) is 59.3 Å². The van der Waals surface area contributed by atoms with Gasteiger partial charge in [-0.25, -0.2) is 0 Å². The van der Waals surface area contributed by atoms with Gasteiger partial charge in [-0.2, -0.15) is 0 Å². The quantitative estimate of drug-likeness (QED) is 0.793. The van der Waals surface area contributed by atoms with Gasteiger partial charge in [-0.05, 0) is 25.8 Å². The Labute approximate surface area is 94.5 Å². The minimum absolute atomic E-state index is 0.203. The van der Waals surface area contributed by atoms with Crippen LogP contribution in [0.1, 0.15) is 42.6 Å². The molecule has 0 fully saturated rings. The number of aromatic hydroxyl groups is 1. The third-order valence-corrected chi connectivity index (χ3v) is 2.57. The number of carbonyl (C=O) groups excluding carboxylic acids is 1. The Balaban J connectivity index is 3.33. The van der Waals surface area contributed by atoms with Crippen molar-refractivity contribution in [1.29, 1.82) is 0 Å². The Hall–Kier alpha value is -1.58. The molecule has 4 heteroatoms. The number of ketones is 1. The molecule has 1 heterocycles. The number of aryl methyl sites for hydroxylation is 1. The molecule has 16 heavy (non-hydrogen) atoms.